The molecule has 3 fully saturated rings. The number of ether oxygens (including phenoxy) is 1. The summed E-state index contributed by atoms with van der Waals surface area (Å²) in [5, 5.41) is 7.75. The van der Waals surface area contributed by atoms with Gasteiger partial charge < -0.3 is 19.9 Å². The van der Waals surface area contributed by atoms with Gasteiger partial charge >= 0.3 is 6.09 Å². The highest BCUT2D eigenvalue weighted by atomic mass is 16.6. The Morgan fingerprint density at radius 1 is 1.07 bits per heavy atom. The van der Waals surface area contributed by atoms with Crippen molar-refractivity contribution in [3.63, 3.8) is 0 Å². The summed E-state index contributed by atoms with van der Waals surface area (Å²) in [7, 11) is 0. The minimum Gasteiger partial charge on any atom is -0.444 e. The summed E-state index contributed by atoms with van der Waals surface area (Å²) in [6, 6.07) is 1.65. The van der Waals surface area contributed by atoms with Crippen molar-refractivity contribution in [2.75, 3.05) is 32.7 Å². The molecule has 0 spiro atoms. The molecule has 1 saturated carbocycles. The molecule has 0 aromatic rings. The lowest BCUT2D eigenvalue weighted by atomic mass is 9.83. The molecule has 8 heteroatoms. The van der Waals surface area contributed by atoms with Crippen molar-refractivity contribution in [3.05, 3.63) is 10.4 Å². The van der Waals surface area contributed by atoms with Crippen molar-refractivity contribution in [3.8, 4) is 0 Å². The van der Waals surface area contributed by atoms with Crippen LogP contribution in [0.15, 0.2) is 5.11 Å². The van der Waals surface area contributed by atoms with Crippen molar-refractivity contribution < 1.29 is 9.53 Å². The Balaban J connectivity index is 1.39. The van der Waals surface area contributed by atoms with Crippen LogP contribution in [0.3, 0.4) is 0 Å². The predicted molar refractivity (Wildman–Crippen MR) is 118 cm³/mol. The normalized spacial score (nSPS) is 27.5. The molecule has 3 rings (SSSR count). The van der Waals surface area contributed by atoms with Gasteiger partial charge in [-0.25, -0.2) is 4.79 Å². The number of carbonyl (C=O) groups is 1. The minimum absolute atomic E-state index is 0.174. The molecule has 0 aromatic carbocycles. The highest BCUT2D eigenvalue weighted by molar-refractivity contribution is 5.68. The number of piperidine rings is 2. The lowest BCUT2D eigenvalue weighted by molar-refractivity contribution is 0.0122. The number of hydrogen-bond donors (Lipinski definition) is 1. The molecular weight excluding hydrogens is 380 g/mol. The molecular formula is C22H40N6O2. The first kappa shape index (κ1) is 23.2. The van der Waals surface area contributed by atoms with E-state index < -0.39 is 5.60 Å². The van der Waals surface area contributed by atoms with E-state index >= 15 is 0 Å². The van der Waals surface area contributed by atoms with Gasteiger partial charge in [-0.05, 0) is 83.8 Å². The van der Waals surface area contributed by atoms with Crippen LogP contribution in [0.25, 0.3) is 10.4 Å². The Labute approximate surface area is 181 Å². The van der Waals surface area contributed by atoms with Crippen LogP contribution in [0.4, 0.5) is 4.79 Å². The van der Waals surface area contributed by atoms with Gasteiger partial charge in [-0.2, -0.15) is 0 Å². The number of nitrogens with zero attached hydrogens (tertiary/aromatic N) is 5. The van der Waals surface area contributed by atoms with E-state index in [1.807, 2.05) is 25.7 Å². The molecule has 2 aliphatic heterocycles. The molecule has 0 aromatic heterocycles. The van der Waals surface area contributed by atoms with E-state index in [0.29, 0.717) is 30.6 Å². The van der Waals surface area contributed by atoms with Crippen LogP contribution in [-0.2, 0) is 4.74 Å². The van der Waals surface area contributed by atoms with Gasteiger partial charge in [0.1, 0.15) is 5.60 Å². The van der Waals surface area contributed by atoms with E-state index in [-0.39, 0.29) is 6.09 Å². The molecule has 30 heavy (non-hydrogen) atoms. The van der Waals surface area contributed by atoms with E-state index in [4.69, 9.17) is 10.3 Å². The van der Waals surface area contributed by atoms with Crippen LogP contribution in [0.5, 0.6) is 0 Å². The smallest absolute Gasteiger partial charge is 0.410 e. The second kappa shape index (κ2) is 10.7. The zero-order chi connectivity index (χ0) is 21.6. The summed E-state index contributed by atoms with van der Waals surface area (Å²) in [5.74, 6) is 0.491. The Hall–Kier alpha value is -1.50. The van der Waals surface area contributed by atoms with Gasteiger partial charge in [-0.15, -0.1) is 0 Å². The number of likely N-dealkylation sites (tertiary alicyclic amines) is 2. The highest BCUT2D eigenvalue weighted by Gasteiger charge is 2.33. The molecule has 2 atom stereocenters. The molecule has 8 nitrogen and oxygen atoms in total. The minimum atomic E-state index is -0.429. The number of azide groups is 1. The Morgan fingerprint density at radius 2 is 1.73 bits per heavy atom. The molecule has 2 heterocycles. The monoisotopic (exact) mass is 420 g/mol. The molecule has 2 saturated heterocycles. The zero-order valence-electron chi connectivity index (χ0n) is 19.1. The van der Waals surface area contributed by atoms with E-state index in [0.717, 1.165) is 39.0 Å². The van der Waals surface area contributed by atoms with Crippen molar-refractivity contribution in [2.24, 2.45) is 11.0 Å². The quantitative estimate of drug-likeness (QED) is 0.407. The largest absolute Gasteiger partial charge is 0.444 e. The Bertz CT molecular complexity index is 599. The van der Waals surface area contributed by atoms with Gasteiger partial charge in [-0.1, -0.05) is 18.0 Å². The topological polar surface area (TPSA) is 93.6 Å². The number of hydrogen-bond acceptors (Lipinski definition) is 5. The highest BCUT2D eigenvalue weighted by Crippen LogP contribution is 2.27. The third kappa shape index (κ3) is 6.76. The number of carbonyl (C=O) groups excluding carboxylic acids is 1. The van der Waals surface area contributed by atoms with E-state index in [1.54, 1.807) is 0 Å². The Kier molecular flexibility index (Phi) is 8.26. The summed E-state index contributed by atoms with van der Waals surface area (Å²) in [6.07, 6.45) is 9.16. The van der Waals surface area contributed by atoms with Crippen molar-refractivity contribution >= 4 is 6.09 Å². The first-order valence-corrected chi connectivity index (χ1v) is 11.8. The van der Waals surface area contributed by atoms with Gasteiger partial charge in [0.15, 0.2) is 0 Å². The fourth-order valence-corrected chi connectivity index (χ4v) is 5.26. The van der Waals surface area contributed by atoms with Crippen LogP contribution in [0, 0.1) is 5.92 Å². The van der Waals surface area contributed by atoms with E-state index in [9.17, 15) is 4.79 Å². The molecule has 0 bridgehead atoms. The molecule has 3 aliphatic rings. The molecule has 170 valence electrons. The summed E-state index contributed by atoms with van der Waals surface area (Å²) in [5.41, 5.74) is 8.23. The Morgan fingerprint density at radius 3 is 2.37 bits per heavy atom. The predicted octanol–water partition coefficient (Wildman–Crippen LogP) is 4.31. The number of amides is 1. The lowest BCUT2D eigenvalue weighted by Gasteiger charge is -2.43. The second-order valence-electron chi connectivity index (χ2n) is 10.2. The number of nitrogens with one attached hydrogen (secondary N) is 1. The van der Waals surface area contributed by atoms with Crippen molar-refractivity contribution in [2.45, 2.75) is 95.9 Å². The summed E-state index contributed by atoms with van der Waals surface area (Å²) in [4.78, 5) is 19.7. The average molecular weight is 421 g/mol. The first-order chi connectivity index (χ1) is 14.4. The third-order valence-corrected chi connectivity index (χ3v) is 6.90. The van der Waals surface area contributed by atoms with Gasteiger partial charge in [0.25, 0.3) is 0 Å². The van der Waals surface area contributed by atoms with Crippen LogP contribution >= 0.6 is 0 Å². The third-order valence-electron chi connectivity index (χ3n) is 6.90. The number of rotatable bonds is 5. The SMILES string of the molecule is CC(C)(C)OC(=O)N1CCC(N2CCC(N[C@H]3CCCC[C@@H]3CN=[N+]=[N-])CC2)CC1. The van der Waals surface area contributed by atoms with Gasteiger partial charge in [-0.3, -0.25) is 0 Å². The van der Waals surface area contributed by atoms with Crippen molar-refractivity contribution in [1.29, 1.82) is 0 Å². The molecule has 1 amide bonds. The molecule has 0 unspecified atom stereocenters. The van der Waals surface area contributed by atoms with Gasteiger partial charge in [0, 0.05) is 42.7 Å². The maximum absolute atomic E-state index is 12.3. The zero-order valence-corrected chi connectivity index (χ0v) is 19.1. The lowest BCUT2D eigenvalue weighted by Crippen LogP contribution is -2.53. The van der Waals surface area contributed by atoms with Crippen LogP contribution < -0.4 is 5.32 Å². The summed E-state index contributed by atoms with van der Waals surface area (Å²) >= 11 is 0. The summed E-state index contributed by atoms with van der Waals surface area (Å²) in [6.45, 7) is 10.2. The fraction of sp³-hybridized carbons (Fsp3) is 0.955. The first-order valence-electron chi connectivity index (χ1n) is 11.8. The fourth-order valence-electron chi connectivity index (χ4n) is 5.26. The van der Waals surface area contributed by atoms with E-state index in [1.165, 1.54) is 38.5 Å². The maximum Gasteiger partial charge on any atom is 0.410 e. The summed E-state index contributed by atoms with van der Waals surface area (Å²) < 4.78 is 5.52. The van der Waals surface area contributed by atoms with Crippen LogP contribution in [-0.4, -0.2) is 72.3 Å². The standard InChI is InChI=1S/C22H40N6O2/c1-22(2,3)30-21(29)28-14-10-19(11-15-28)27-12-8-18(9-13-27)25-20-7-5-4-6-17(20)16-24-26-23/h17-20,25H,4-16H2,1-3H3/t17-,20+/m1/s1. The van der Waals surface area contributed by atoms with Crippen LogP contribution in [0.1, 0.15) is 72.1 Å². The maximum atomic E-state index is 12.3. The second-order valence-corrected chi connectivity index (χ2v) is 10.2. The van der Waals surface area contributed by atoms with Crippen LogP contribution in [0.2, 0.25) is 0 Å². The molecule has 0 radical (unpaired) electrons. The van der Waals surface area contributed by atoms with Gasteiger partial charge in [0.2, 0.25) is 0 Å². The molecule has 1 aliphatic carbocycles. The van der Waals surface area contributed by atoms with Crippen molar-refractivity contribution in [1.82, 2.24) is 15.1 Å². The average Bonchev–Trinajstić information content (AvgIpc) is 2.72. The van der Waals surface area contributed by atoms with Gasteiger partial charge in [0.05, 0.1) is 0 Å². The van der Waals surface area contributed by atoms with E-state index in [2.05, 4.69) is 20.2 Å². The molecule has 1 N–H and O–H groups in total.